The number of thioether (sulfide) groups is 1. The van der Waals surface area contributed by atoms with Gasteiger partial charge in [-0.15, -0.1) is 11.8 Å². The molecule has 1 aromatic carbocycles. The summed E-state index contributed by atoms with van der Waals surface area (Å²) in [5, 5.41) is 16.9. The highest BCUT2D eigenvalue weighted by atomic mass is 32.2. The molecule has 5 rings (SSSR count). The van der Waals surface area contributed by atoms with Crippen LogP contribution in [0.2, 0.25) is 0 Å². The predicted molar refractivity (Wildman–Crippen MR) is 140 cm³/mol. The van der Waals surface area contributed by atoms with Crippen LogP contribution in [0.1, 0.15) is 76.8 Å². The van der Waals surface area contributed by atoms with E-state index in [9.17, 15) is 19.5 Å². The molecule has 1 saturated carbocycles. The van der Waals surface area contributed by atoms with Crippen LogP contribution in [0.3, 0.4) is 0 Å². The van der Waals surface area contributed by atoms with Crippen molar-refractivity contribution in [2.24, 2.45) is 11.8 Å². The van der Waals surface area contributed by atoms with Gasteiger partial charge in [0.25, 0.3) is 0 Å². The number of rotatable bonds is 8. The standard InChI is InChI=1S/C28H39N3O4S/c1-3-16-29-24(33)21-22-26(35)31(20(17-32)18-10-6-4-7-11-18)23(28(22)15-14-27(21,2)36-28)25(34)30-19-12-8-5-9-13-19/h4,6-7,10-11,19-23,32H,3,5,8-9,12-17H2,1-2H3,(H,29,33)(H,30,34)/t20-,21-,22+,23?,27+,28?/m1/s1. The maximum Gasteiger partial charge on any atom is 0.244 e. The van der Waals surface area contributed by atoms with Gasteiger partial charge in [-0.1, -0.05) is 56.5 Å². The Hall–Kier alpha value is -2.06. The fraction of sp³-hybridized carbons (Fsp3) is 0.679. The number of aliphatic hydroxyl groups is 1. The number of carbonyl (C=O) groups is 3. The van der Waals surface area contributed by atoms with Crippen LogP contribution in [0.25, 0.3) is 0 Å². The minimum Gasteiger partial charge on any atom is -0.394 e. The van der Waals surface area contributed by atoms with E-state index in [0.717, 1.165) is 44.1 Å². The van der Waals surface area contributed by atoms with E-state index < -0.39 is 28.7 Å². The Bertz CT molecular complexity index is 1000. The van der Waals surface area contributed by atoms with Crippen LogP contribution < -0.4 is 10.6 Å². The lowest BCUT2D eigenvalue weighted by Crippen LogP contribution is -2.56. The Balaban J connectivity index is 1.55. The van der Waals surface area contributed by atoms with Crippen molar-refractivity contribution < 1.29 is 19.5 Å². The molecular weight excluding hydrogens is 474 g/mol. The van der Waals surface area contributed by atoms with Crippen LogP contribution in [0.15, 0.2) is 30.3 Å². The fourth-order valence-corrected chi connectivity index (χ4v) is 9.66. The lowest BCUT2D eigenvalue weighted by atomic mass is 9.66. The average Bonchev–Trinajstić information content (AvgIpc) is 3.45. The summed E-state index contributed by atoms with van der Waals surface area (Å²) in [6, 6.07) is 8.23. The number of fused-ring (bicyclic) bond motifs is 1. The number of aliphatic hydroxyl groups excluding tert-OH is 1. The highest BCUT2D eigenvalue weighted by molar-refractivity contribution is 8.02. The van der Waals surface area contributed by atoms with E-state index in [4.69, 9.17) is 0 Å². The zero-order valence-electron chi connectivity index (χ0n) is 21.4. The first-order valence-electron chi connectivity index (χ1n) is 13.6. The quantitative estimate of drug-likeness (QED) is 0.496. The van der Waals surface area contributed by atoms with E-state index in [1.54, 1.807) is 16.7 Å². The number of hydrogen-bond donors (Lipinski definition) is 3. The molecular formula is C28H39N3O4S. The molecule has 0 radical (unpaired) electrons. The number of carbonyl (C=O) groups excluding carboxylic acids is 3. The summed E-state index contributed by atoms with van der Waals surface area (Å²) >= 11 is 1.68. The van der Waals surface area contributed by atoms with Crippen LogP contribution in [0.5, 0.6) is 0 Å². The van der Waals surface area contributed by atoms with E-state index in [0.29, 0.717) is 13.0 Å². The summed E-state index contributed by atoms with van der Waals surface area (Å²) in [6.45, 7) is 4.40. The third-order valence-electron chi connectivity index (χ3n) is 8.94. The summed E-state index contributed by atoms with van der Waals surface area (Å²) in [5.41, 5.74) is 0.804. The summed E-state index contributed by atoms with van der Waals surface area (Å²) in [4.78, 5) is 43.5. The van der Waals surface area contributed by atoms with Gasteiger partial charge >= 0.3 is 0 Å². The van der Waals surface area contributed by atoms with Crippen molar-refractivity contribution in [1.29, 1.82) is 0 Å². The third kappa shape index (κ3) is 4.05. The molecule has 2 unspecified atom stereocenters. The lowest BCUT2D eigenvalue weighted by molar-refractivity contribution is -0.143. The molecule has 3 heterocycles. The number of likely N-dealkylation sites (tertiary alicyclic amines) is 1. The van der Waals surface area contributed by atoms with Crippen molar-refractivity contribution >= 4 is 29.5 Å². The number of hydrogen-bond acceptors (Lipinski definition) is 5. The molecule has 36 heavy (non-hydrogen) atoms. The highest BCUT2D eigenvalue weighted by Crippen LogP contribution is 2.72. The van der Waals surface area contributed by atoms with Crippen LogP contribution in [-0.4, -0.2) is 62.5 Å². The van der Waals surface area contributed by atoms with Crippen molar-refractivity contribution in [1.82, 2.24) is 15.5 Å². The molecule has 8 heteroatoms. The first-order valence-corrected chi connectivity index (χ1v) is 14.4. The molecule has 4 fully saturated rings. The first kappa shape index (κ1) is 25.6. The van der Waals surface area contributed by atoms with Crippen molar-refractivity contribution in [2.45, 2.75) is 92.8 Å². The highest BCUT2D eigenvalue weighted by Gasteiger charge is 2.77. The monoisotopic (exact) mass is 513 g/mol. The van der Waals surface area contributed by atoms with Gasteiger partial charge < -0.3 is 20.6 Å². The van der Waals surface area contributed by atoms with E-state index in [1.807, 2.05) is 37.3 Å². The number of nitrogens with one attached hydrogen (secondary N) is 2. The topological polar surface area (TPSA) is 98.7 Å². The van der Waals surface area contributed by atoms with Crippen LogP contribution in [0.4, 0.5) is 0 Å². The van der Waals surface area contributed by atoms with E-state index in [-0.39, 0.29) is 35.1 Å². The first-order chi connectivity index (χ1) is 17.4. The average molecular weight is 514 g/mol. The van der Waals surface area contributed by atoms with Gasteiger partial charge in [0.1, 0.15) is 6.04 Å². The Morgan fingerprint density at radius 2 is 1.86 bits per heavy atom. The van der Waals surface area contributed by atoms with Gasteiger partial charge in [0.2, 0.25) is 17.7 Å². The van der Waals surface area contributed by atoms with Gasteiger partial charge in [0.15, 0.2) is 0 Å². The second-order valence-corrected chi connectivity index (χ2v) is 13.1. The fourth-order valence-electron chi connectivity index (χ4n) is 7.31. The van der Waals surface area contributed by atoms with E-state index in [1.165, 1.54) is 6.42 Å². The maximum absolute atomic E-state index is 14.3. The number of benzene rings is 1. The van der Waals surface area contributed by atoms with Gasteiger partial charge in [0.05, 0.1) is 29.2 Å². The largest absolute Gasteiger partial charge is 0.394 e. The zero-order chi connectivity index (χ0) is 25.5. The van der Waals surface area contributed by atoms with Crippen molar-refractivity contribution in [3.05, 3.63) is 35.9 Å². The Kier molecular flexibility index (Phi) is 7.11. The smallest absolute Gasteiger partial charge is 0.244 e. The molecule has 1 spiro atoms. The minimum absolute atomic E-state index is 0.0830. The molecule has 0 aromatic heterocycles. The van der Waals surface area contributed by atoms with Crippen molar-refractivity contribution in [2.75, 3.05) is 13.2 Å². The van der Waals surface area contributed by atoms with Gasteiger partial charge in [-0.2, -0.15) is 0 Å². The van der Waals surface area contributed by atoms with E-state index >= 15 is 0 Å². The second-order valence-electron chi connectivity index (χ2n) is 11.2. The Morgan fingerprint density at radius 3 is 2.53 bits per heavy atom. The van der Waals surface area contributed by atoms with Gasteiger partial charge in [-0.25, -0.2) is 0 Å². The van der Waals surface area contributed by atoms with Gasteiger partial charge in [-0.3, -0.25) is 14.4 Å². The van der Waals surface area contributed by atoms with Crippen molar-refractivity contribution in [3.8, 4) is 0 Å². The van der Waals surface area contributed by atoms with Crippen LogP contribution >= 0.6 is 11.8 Å². The zero-order valence-corrected chi connectivity index (χ0v) is 22.2. The Morgan fingerprint density at radius 1 is 1.14 bits per heavy atom. The molecule has 196 valence electrons. The SMILES string of the molecule is CCCNC(=O)[C@H]1[C@H]2C(=O)N([C@H](CO)c3ccccc3)C(C(=O)NC3CCCCC3)C23CC[C@]1(C)S3. The predicted octanol–water partition coefficient (Wildman–Crippen LogP) is 3.18. The molecule has 3 N–H and O–H groups in total. The minimum atomic E-state index is -0.718. The van der Waals surface area contributed by atoms with Crippen LogP contribution in [0, 0.1) is 11.8 Å². The van der Waals surface area contributed by atoms with Gasteiger partial charge in [0, 0.05) is 17.3 Å². The normalized spacial score (nSPS) is 34.5. The van der Waals surface area contributed by atoms with E-state index in [2.05, 4.69) is 17.6 Å². The Labute approximate surface area is 218 Å². The number of amides is 3. The number of nitrogens with zero attached hydrogens (tertiary/aromatic N) is 1. The third-order valence-corrected chi connectivity index (χ3v) is 10.9. The molecule has 3 amide bonds. The molecule has 4 aliphatic rings. The molecule has 6 atom stereocenters. The molecule has 7 nitrogen and oxygen atoms in total. The summed E-state index contributed by atoms with van der Waals surface area (Å²) in [6.07, 6.45) is 7.64. The molecule has 1 aromatic rings. The molecule has 1 aliphatic carbocycles. The van der Waals surface area contributed by atoms with Gasteiger partial charge in [-0.05, 0) is 44.6 Å². The molecule has 2 bridgehead atoms. The summed E-state index contributed by atoms with van der Waals surface area (Å²) in [5.74, 6) is -1.44. The second kappa shape index (κ2) is 10.0. The summed E-state index contributed by atoms with van der Waals surface area (Å²) in [7, 11) is 0. The van der Waals surface area contributed by atoms with Crippen molar-refractivity contribution in [3.63, 3.8) is 0 Å². The molecule has 3 saturated heterocycles. The summed E-state index contributed by atoms with van der Waals surface area (Å²) < 4.78 is -1.05. The molecule has 3 aliphatic heterocycles. The maximum atomic E-state index is 14.3. The van der Waals surface area contributed by atoms with Crippen LogP contribution in [-0.2, 0) is 14.4 Å². The lowest BCUT2D eigenvalue weighted by Gasteiger charge is -2.38.